The van der Waals surface area contributed by atoms with E-state index in [4.69, 9.17) is 9.47 Å². The Bertz CT molecular complexity index is 823. The number of benzene rings is 3. The van der Waals surface area contributed by atoms with Crippen molar-refractivity contribution in [3.05, 3.63) is 95.6 Å². The van der Waals surface area contributed by atoms with E-state index in [1.54, 1.807) is 7.11 Å². The summed E-state index contributed by atoms with van der Waals surface area (Å²) in [6.45, 7) is 2.63. The van der Waals surface area contributed by atoms with Crippen LogP contribution in [0, 0.1) is 0 Å². The van der Waals surface area contributed by atoms with Crippen LogP contribution in [0.3, 0.4) is 0 Å². The molecule has 0 bridgehead atoms. The van der Waals surface area contributed by atoms with Gasteiger partial charge in [-0.2, -0.15) is 0 Å². The number of carbonyl (C=O) groups excluding carboxylic acids is 1. The van der Waals surface area contributed by atoms with Gasteiger partial charge in [-0.3, -0.25) is 4.79 Å². The molecule has 126 valence electrons. The molecule has 0 amide bonds. The van der Waals surface area contributed by atoms with Crippen LogP contribution in [0.25, 0.3) is 0 Å². The Morgan fingerprint density at radius 2 is 1.20 bits per heavy atom. The SMILES string of the molecule is COc1ccc(C(C)(c2ccccc2)c2ccc(OC=O)cc2)cc1. The third kappa shape index (κ3) is 3.26. The number of rotatable bonds is 6. The van der Waals surface area contributed by atoms with Crippen molar-refractivity contribution in [3.8, 4) is 11.5 Å². The zero-order chi connectivity index (χ0) is 17.7. The van der Waals surface area contributed by atoms with Crippen LogP contribution >= 0.6 is 0 Å². The average Bonchev–Trinajstić information content (AvgIpc) is 2.69. The van der Waals surface area contributed by atoms with Crippen LogP contribution < -0.4 is 9.47 Å². The first-order valence-electron chi connectivity index (χ1n) is 8.09. The Labute approximate surface area is 147 Å². The van der Waals surface area contributed by atoms with Gasteiger partial charge in [0.15, 0.2) is 0 Å². The second-order valence-electron chi connectivity index (χ2n) is 5.96. The van der Waals surface area contributed by atoms with E-state index in [1.807, 2.05) is 54.6 Å². The molecule has 0 saturated carbocycles. The molecule has 0 fully saturated rings. The summed E-state index contributed by atoms with van der Waals surface area (Å²) in [6, 6.07) is 26.1. The molecule has 0 aliphatic carbocycles. The van der Waals surface area contributed by atoms with E-state index in [-0.39, 0.29) is 5.41 Å². The summed E-state index contributed by atoms with van der Waals surface area (Å²) in [5.74, 6) is 1.36. The fourth-order valence-electron chi connectivity index (χ4n) is 3.12. The van der Waals surface area contributed by atoms with Crippen LogP contribution in [-0.2, 0) is 10.2 Å². The summed E-state index contributed by atoms with van der Waals surface area (Å²) in [5.41, 5.74) is 3.11. The molecular weight excluding hydrogens is 312 g/mol. The number of carbonyl (C=O) groups is 1. The maximum Gasteiger partial charge on any atom is 0.298 e. The topological polar surface area (TPSA) is 35.5 Å². The molecule has 0 aliphatic heterocycles. The minimum absolute atomic E-state index is 0.340. The van der Waals surface area contributed by atoms with Gasteiger partial charge in [0.2, 0.25) is 0 Å². The summed E-state index contributed by atoms with van der Waals surface area (Å²) in [5, 5.41) is 0. The first-order chi connectivity index (χ1) is 12.2. The third-order valence-electron chi connectivity index (χ3n) is 4.63. The number of methoxy groups -OCH3 is 1. The van der Waals surface area contributed by atoms with Crippen LogP contribution in [-0.4, -0.2) is 13.6 Å². The molecule has 0 heterocycles. The predicted molar refractivity (Wildman–Crippen MR) is 98.1 cm³/mol. The average molecular weight is 332 g/mol. The Kier molecular flexibility index (Phi) is 4.85. The van der Waals surface area contributed by atoms with Crippen LogP contribution in [0.2, 0.25) is 0 Å². The fraction of sp³-hybridized carbons (Fsp3) is 0.136. The Morgan fingerprint density at radius 3 is 1.68 bits per heavy atom. The Balaban J connectivity index is 2.13. The van der Waals surface area contributed by atoms with Gasteiger partial charge in [0, 0.05) is 5.41 Å². The molecule has 25 heavy (non-hydrogen) atoms. The molecule has 0 aromatic heterocycles. The molecule has 0 aliphatic rings. The van der Waals surface area contributed by atoms with Crippen LogP contribution in [0.4, 0.5) is 0 Å². The molecule has 3 rings (SSSR count). The van der Waals surface area contributed by atoms with E-state index in [1.165, 1.54) is 5.56 Å². The molecule has 3 heteroatoms. The van der Waals surface area contributed by atoms with E-state index in [9.17, 15) is 4.79 Å². The van der Waals surface area contributed by atoms with Gasteiger partial charge in [-0.05, 0) is 47.9 Å². The maximum atomic E-state index is 10.5. The van der Waals surface area contributed by atoms with Crippen LogP contribution in [0.1, 0.15) is 23.6 Å². The Hall–Kier alpha value is -3.07. The zero-order valence-electron chi connectivity index (χ0n) is 14.3. The number of hydrogen-bond donors (Lipinski definition) is 0. The summed E-state index contributed by atoms with van der Waals surface area (Å²) >= 11 is 0. The van der Waals surface area contributed by atoms with Gasteiger partial charge >= 0.3 is 0 Å². The first-order valence-corrected chi connectivity index (χ1v) is 8.09. The molecule has 3 aromatic carbocycles. The standard InChI is InChI=1S/C22H20O3/c1-22(17-6-4-3-5-7-17,18-8-12-20(24-2)13-9-18)19-10-14-21(15-11-19)25-16-23/h3-16H,1-2H3. The monoisotopic (exact) mass is 332 g/mol. The van der Waals surface area contributed by atoms with Crippen molar-refractivity contribution < 1.29 is 14.3 Å². The lowest BCUT2D eigenvalue weighted by Gasteiger charge is -2.32. The highest BCUT2D eigenvalue weighted by molar-refractivity contribution is 5.52. The van der Waals surface area contributed by atoms with E-state index >= 15 is 0 Å². The summed E-state index contributed by atoms with van der Waals surface area (Å²) in [4.78, 5) is 10.5. The summed E-state index contributed by atoms with van der Waals surface area (Å²) in [7, 11) is 1.66. The van der Waals surface area contributed by atoms with Crippen molar-refractivity contribution in [2.24, 2.45) is 0 Å². The van der Waals surface area contributed by atoms with Gasteiger partial charge in [-0.1, -0.05) is 54.6 Å². The minimum atomic E-state index is -0.340. The summed E-state index contributed by atoms with van der Waals surface area (Å²) < 4.78 is 10.2. The van der Waals surface area contributed by atoms with Crippen molar-refractivity contribution in [1.82, 2.24) is 0 Å². The maximum absolute atomic E-state index is 10.5. The van der Waals surface area contributed by atoms with Crippen molar-refractivity contribution in [1.29, 1.82) is 0 Å². The number of hydrogen-bond acceptors (Lipinski definition) is 3. The van der Waals surface area contributed by atoms with Crippen molar-refractivity contribution in [2.75, 3.05) is 7.11 Å². The number of ether oxygens (including phenoxy) is 2. The van der Waals surface area contributed by atoms with Gasteiger partial charge in [-0.25, -0.2) is 0 Å². The first kappa shape index (κ1) is 16.8. The molecule has 0 radical (unpaired) electrons. The van der Waals surface area contributed by atoms with Gasteiger partial charge < -0.3 is 9.47 Å². The van der Waals surface area contributed by atoms with E-state index in [2.05, 4.69) is 31.2 Å². The highest BCUT2D eigenvalue weighted by Crippen LogP contribution is 2.39. The highest BCUT2D eigenvalue weighted by Gasteiger charge is 2.31. The van der Waals surface area contributed by atoms with Gasteiger partial charge in [0.05, 0.1) is 7.11 Å². The molecule has 0 spiro atoms. The normalized spacial score (nSPS) is 12.9. The second-order valence-corrected chi connectivity index (χ2v) is 5.96. The van der Waals surface area contributed by atoms with Gasteiger partial charge in [0.1, 0.15) is 11.5 Å². The lowest BCUT2D eigenvalue weighted by Crippen LogP contribution is -2.25. The van der Waals surface area contributed by atoms with Crippen molar-refractivity contribution in [2.45, 2.75) is 12.3 Å². The molecule has 0 N–H and O–H groups in total. The molecule has 3 nitrogen and oxygen atoms in total. The van der Waals surface area contributed by atoms with Gasteiger partial charge in [-0.15, -0.1) is 0 Å². The van der Waals surface area contributed by atoms with Crippen LogP contribution in [0.5, 0.6) is 11.5 Å². The quantitative estimate of drug-likeness (QED) is 0.489. The fourth-order valence-corrected chi connectivity index (χ4v) is 3.12. The summed E-state index contributed by atoms with van der Waals surface area (Å²) in [6.07, 6.45) is 0. The van der Waals surface area contributed by atoms with Crippen molar-refractivity contribution in [3.63, 3.8) is 0 Å². The lowest BCUT2D eigenvalue weighted by atomic mass is 9.71. The molecular formula is C22H20O3. The van der Waals surface area contributed by atoms with Crippen molar-refractivity contribution >= 4 is 6.47 Å². The van der Waals surface area contributed by atoms with Gasteiger partial charge in [0.25, 0.3) is 6.47 Å². The highest BCUT2D eigenvalue weighted by atomic mass is 16.5. The van der Waals surface area contributed by atoms with Crippen LogP contribution in [0.15, 0.2) is 78.9 Å². The largest absolute Gasteiger partial charge is 0.497 e. The molecule has 0 saturated heterocycles. The van der Waals surface area contributed by atoms with E-state index in [0.717, 1.165) is 16.9 Å². The molecule has 3 aromatic rings. The molecule has 1 unspecified atom stereocenters. The third-order valence-corrected chi connectivity index (χ3v) is 4.63. The van der Waals surface area contributed by atoms with E-state index in [0.29, 0.717) is 12.2 Å². The predicted octanol–water partition coefficient (Wildman–Crippen LogP) is 4.58. The smallest absolute Gasteiger partial charge is 0.298 e. The Morgan fingerprint density at radius 1 is 0.720 bits per heavy atom. The van der Waals surface area contributed by atoms with E-state index < -0.39 is 0 Å². The zero-order valence-corrected chi connectivity index (χ0v) is 14.3. The minimum Gasteiger partial charge on any atom is -0.497 e. The second kappa shape index (κ2) is 7.22. The lowest BCUT2D eigenvalue weighted by molar-refractivity contribution is -0.120. The molecule has 1 atom stereocenters.